The molecule has 1 aliphatic heterocycles. The van der Waals surface area contributed by atoms with E-state index in [0.29, 0.717) is 30.9 Å². The largest absolute Gasteiger partial charge is 0.338 e. The highest BCUT2D eigenvalue weighted by atomic mass is 35.5. The van der Waals surface area contributed by atoms with Crippen LogP contribution in [0.1, 0.15) is 33.9 Å². The zero-order valence-electron chi connectivity index (χ0n) is 13.0. The van der Waals surface area contributed by atoms with E-state index < -0.39 is 0 Å². The number of hydrogen-bond acceptors (Lipinski definition) is 5. The second-order valence-electron chi connectivity index (χ2n) is 5.40. The number of benzene rings is 1. The smallest absolute Gasteiger partial charge is 0.275 e. The molecule has 8 heteroatoms. The summed E-state index contributed by atoms with van der Waals surface area (Å²) in [6, 6.07) is 7.52. The third kappa shape index (κ3) is 4.31. The second-order valence-corrected chi connectivity index (χ2v) is 6.34. The van der Waals surface area contributed by atoms with Crippen molar-refractivity contribution >= 4 is 41.2 Å². The Bertz CT molecular complexity index is 717. The van der Waals surface area contributed by atoms with Crippen molar-refractivity contribution in [2.45, 2.75) is 25.9 Å². The number of thiazole rings is 1. The molecule has 0 atom stereocenters. The molecule has 0 radical (unpaired) electrons. The van der Waals surface area contributed by atoms with E-state index in [9.17, 15) is 9.59 Å². The van der Waals surface area contributed by atoms with E-state index in [0.717, 1.165) is 23.5 Å². The maximum absolute atomic E-state index is 12.1. The molecule has 2 amide bonds. The number of hydrogen-bond donors (Lipinski definition) is 2. The molecular weight excluding hydrogens is 348 g/mol. The van der Waals surface area contributed by atoms with Gasteiger partial charge in [-0.2, -0.15) is 0 Å². The van der Waals surface area contributed by atoms with Crippen LogP contribution in [0.15, 0.2) is 29.6 Å². The number of amides is 2. The van der Waals surface area contributed by atoms with Gasteiger partial charge in [-0.15, -0.1) is 23.7 Å². The lowest BCUT2D eigenvalue weighted by atomic mass is 10.2. The fraction of sp³-hybridized carbons (Fsp3) is 0.312. The van der Waals surface area contributed by atoms with E-state index in [1.807, 2.05) is 29.2 Å². The minimum atomic E-state index is -0.247. The molecule has 3 N–H and O–H groups in total. The van der Waals surface area contributed by atoms with Gasteiger partial charge in [0, 0.05) is 37.1 Å². The Morgan fingerprint density at radius 3 is 2.67 bits per heavy atom. The molecule has 1 aromatic carbocycles. The molecule has 0 bridgehead atoms. The Hall–Kier alpha value is -1.96. The van der Waals surface area contributed by atoms with E-state index in [-0.39, 0.29) is 24.2 Å². The van der Waals surface area contributed by atoms with Gasteiger partial charge in [-0.1, -0.05) is 12.1 Å². The van der Waals surface area contributed by atoms with Crippen molar-refractivity contribution in [3.05, 3.63) is 45.9 Å². The number of nitrogens with one attached hydrogen (secondary N) is 1. The van der Waals surface area contributed by atoms with Crippen molar-refractivity contribution in [3.63, 3.8) is 0 Å². The molecule has 1 saturated heterocycles. The van der Waals surface area contributed by atoms with Gasteiger partial charge in [-0.3, -0.25) is 9.59 Å². The van der Waals surface area contributed by atoms with Crippen LogP contribution < -0.4 is 11.1 Å². The molecule has 1 aliphatic rings. The Balaban J connectivity index is 0.00000208. The van der Waals surface area contributed by atoms with Crippen molar-refractivity contribution in [1.29, 1.82) is 0 Å². The summed E-state index contributed by atoms with van der Waals surface area (Å²) in [5.74, 6) is -0.0370. The highest BCUT2D eigenvalue weighted by molar-refractivity contribution is 7.09. The first kappa shape index (κ1) is 18.4. The summed E-state index contributed by atoms with van der Waals surface area (Å²) < 4.78 is 0. The van der Waals surface area contributed by atoms with Gasteiger partial charge in [0.2, 0.25) is 5.91 Å². The first-order valence-corrected chi connectivity index (χ1v) is 8.36. The van der Waals surface area contributed by atoms with E-state index in [2.05, 4.69) is 10.3 Å². The van der Waals surface area contributed by atoms with Gasteiger partial charge in [0.15, 0.2) is 0 Å². The number of aromatic nitrogens is 1. The van der Waals surface area contributed by atoms with Crippen molar-refractivity contribution < 1.29 is 9.59 Å². The predicted molar refractivity (Wildman–Crippen MR) is 96.3 cm³/mol. The van der Waals surface area contributed by atoms with Crippen LogP contribution in [0.4, 0.5) is 5.69 Å². The van der Waals surface area contributed by atoms with Crippen molar-refractivity contribution in [2.24, 2.45) is 5.73 Å². The van der Waals surface area contributed by atoms with Crippen LogP contribution in [0.25, 0.3) is 0 Å². The number of halogens is 1. The fourth-order valence-electron chi connectivity index (χ4n) is 2.49. The number of anilines is 1. The average molecular weight is 367 g/mol. The van der Waals surface area contributed by atoms with Gasteiger partial charge in [-0.25, -0.2) is 4.98 Å². The lowest BCUT2D eigenvalue weighted by Crippen LogP contribution is -2.23. The van der Waals surface area contributed by atoms with Crippen LogP contribution in [-0.2, 0) is 17.9 Å². The average Bonchev–Trinajstić information content (AvgIpc) is 3.19. The van der Waals surface area contributed by atoms with Gasteiger partial charge in [0.25, 0.3) is 5.91 Å². The van der Waals surface area contributed by atoms with Crippen LogP contribution in [0, 0.1) is 0 Å². The third-order valence-electron chi connectivity index (χ3n) is 3.72. The Kier molecular flexibility index (Phi) is 6.30. The maximum Gasteiger partial charge on any atom is 0.275 e. The number of likely N-dealkylation sites (tertiary alicyclic amines) is 1. The molecule has 24 heavy (non-hydrogen) atoms. The van der Waals surface area contributed by atoms with Crippen LogP contribution in [0.2, 0.25) is 0 Å². The van der Waals surface area contributed by atoms with Crippen LogP contribution in [-0.4, -0.2) is 28.2 Å². The molecule has 0 saturated carbocycles. The number of carbonyl (C=O) groups excluding carboxylic acids is 2. The highest BCUT2D eigenvalue weighted by Crippen LogP contribution is 2.17. The minimum absolute atomic E-state index is 0. The van der Waals surface area contributed by atoms with Crippen molar-refractivity contribution in [2.75, 3.05) is 11.9 Å². The molecule has 0 unspecified atom stereocenters. The normalized spacial score (nSPS) is 13.7. The number of nitrogens with two attached hydrogens (primary N) is 1. The van der Waals surface area contributed by atoms with Gasteiger partial charge >= 0.3 is 0 Å². The third-order valence-corrected chi connectivity index (χ3v) is 4.59. The van der Waals surface area contributed by atoms with Crippen molar-refractivity contribution in [3.8, 4) is 0 Å². The Labute approximate surface area is 150 Å². The van der Waals surface area contributed by atoms with E-state index in [1.165, 1.54) is 11.3 Å². The molecule has 0 aliphatic carbocycles. The lowest BCUT2D eigenvalue weighted by Gasteiger charge is -2.15. The quantitative estimate of drug-likeness (QED) is 0.850. The zero-order chi connectivity index (χ0) is 16.2. The number of rotatable bonds is 5. The minimum Gasteiger partial charge on any atom is -0.338 e. The SMILES string of the molecule is Cl.NCc1nc(C(=O)Nc2ccc(CN3CCCC3=O)cc2)cs1. The molecule has 6 nitrogen and oxygen atoms in total. The van der Waals surface area contributed by atoms with Gasteiger partial charge in [0.05, 0.1) is 0 Å². The van der Waals surface area contributed by atoms with Crippen LogP contribution in [0.3, 0.4) is 0 Å². The molecule has 3 rings (SSSR count). The van der Waals surface area contributed by atoms with Gasteiger partial charge < -0.3 is 16.0 Å². The lowest BCUT2D eigenvalue weighted by molar-refractivity contribution is -0.128. The van der Waals surface area contributed by atoms with E-state index in [4.69, 9.17) is 5.73 Å². The highest BCUT2D eigenvalue weighted by Gasteiger charge is 2.19. The summed E-state index contributed by atoms with van der Waals surface area (Å²) in [5, 5.41) is 5.25. The zero-order valence-corrected chi connectivity index (χ0v) is 14.7. The summed E-state index contributed by atoms with van der Waals surface area (Å²) in [6.07, 6.45) is 1.58. The summed E-state index contributed by atoms with van der Waals surface area (Å²) in [6.45, 7) is 1.78. The molecule has 2 aromatic rings. The predicted octanol–water partition coefficient (Wildman–Crippen LogP) is 2.40. The standard InChI is InChI=1S/C16H18N4O2S.ClH/c17-8-14-19-13(10-23-14)16(22)18-12-5-3-11(4-6-12)9-20-7-1-2-15(20)21;/h3-6,10H,1-2,7-9,17H2,(H,18,22);1H. The molecule has 128 valence electrons. The number of nitrogens with zero attached hydrogens (tertiary/aromatic N) is 2. The summed E-state index contributed by atoms with van der Waals surface area (Å²) >= 11 is 1.37. The Morgan fingerprint density at radius 2 is 2.08 bits per heavy atom. The van der Waals surface area contributed by atoms with Gasteiger partial charge in [0.1, 0.15) is 10.7 Å². The molecule has 0 spiro atoms. The first-order chi connectivity index (χ1) is 11.2. The first-order valence-electron chi connectivity index (χ1n) is 7.48. The Morgan fingerprint density at radius 1 is 1.33 bits per heavy atom. The molecule has 1 aromatic heterocycles. The summed E-state index contributed by atoms with van der Waals surface area (Å²) in [4.78, 5) is 29.7. The van der Waals surface area contributed by atoms with Crippen molar-refractivity contribution in [1.82, 2.24) is 9.88 Å². The van der Waals surface area contributed by atoms with E-state index >= 15 is 0 Å². The molecule has 1 fully saturated rings. The topological polar surface area (TPSA) is 88.3 Å². The molecule has 2 heterocycles. The monoisotopic (exact) mass is 366 g/mol. The van der Waals surface area contributed by atoms with E-state index in [1.54, 1.807) is 5.38 Å². The second kappa shape index (κ2) is 8.23. The maximum atomic E-state index is 12.1. The fourth-order valence-corrected chi connectivity index (χ4v) is 3.14. The summed E-state index contributed by atoms with van der Waals surface area (Å²) in [7, 11) is 0. The molecular formula is C16H19ClN4O2S. The van der Waals surface area contributed by atoms with Gasteiger partial charge in [-0.05, 0) is 24.1 Å². The number of carbonyl (C=O) groups is 2. The van der Waals surface area contributed by atoms with Crippen LogP contribution in [0.5, 0.6) is 0 Å². The van der Waals surface area contributed by atoms with Crippen LogP contribution >= 0.6 is 23.7 Å². The summed E-state index contributed by atoms with van der Waals surface area (Å²) in [5.41, 5.74) is 7.63.